The Labute approximate surface area is 116 Å². The Morgan fingerprint density at radius 1 is 1.60 bits per heavy atom. The lowest BCUT2D eigenvalue weighted by Gasteiger charge is -2.22. The highest BCUT2D eigenvalue weighted by Crippen LogP contribution is 2.33. The number of carbonyl (C=O) groups is 1. The molecule has 1 saturated heterocycles. The Morgan fingerprint density at radius 2 is 2.35 bits per heavy atom. The molecule has 0 aromatic carbocycles. The van der Waals surface area contributed by atoms with Crippen molar-refractivity contribution in [3.05, 3.63) is 28.4 Å². The summed E-state index contributed by atoms with van der Waals surface area (Å²) in [5.41, 5.74) is -0.583. The number of ether oxygens (including phenoxy) is 1. The average Bonchev–Trinajstić information content (AvgIpc) is 2.83. The van der Waals surface area contributed by atoms with Crippen molar-refractivity contribution in [3.63, 3.8) is 0 Å². The van der Waals surface area contributed by atoms with Crippen LogP contribution in [-0.4, -0.2) is 35.6 Å². The smallest absolute Gasteiger partial charge is 0.313 e. The van der Waals surface area contributed by atoms with Gasteiger partial charge in [-0.25, -0.2) is 4.98 Å². The first-order chi connectivity index (χ1) is 9.46. The van der Waals surface area contributed by atoms with Crippen molar-refractivity contribution < 1.29 is 14.5 Å². The van der Waals surface area contributed by atoms with Crippen molar-refractivity contribution >= 4 is 17.5 Å². The Balaban J connectivity index is 2.09. The SMILES string of the molecule is CCOC(=O)C1(C)CCN(c2ccc([N+](=O)[O-])cn2)C1. The summed E-state index contributed by atoms with van der Waals surface area (Å²) >= 11 is 0. The minimum absolute atomic E-state index is 0.0406. The van der Waals surface area contributed by atoms with Gasteiger partial charge in [-0.15, -0.1) is 0 Å². The van der Waals surface area contributed by atoms with Crippen molar-refractivity contribution in [1.82, 2.24) is 4.98 Å². The maximum Gasteiger partial charge on any atom is 0.313 e. The third kappa shape index (κ3) is 2.71. The number of anilines is 1. The molecule has 1 atom stereocenters. The molecule has 1 unspecified atom stereocenters. The molecule has 108 valence electrons. The maximum absolute atomic E-state index is 11.9. The van der Waals surface area contributed by atoms with E-state index in [4.69, 9.17) is 4.74 Å². The zero-order valence-electron chi connectivity index (χ0n) is 11.5. The number of carbonyl (C=O) groups excluding carboxylic acids is 1. The first-order valence-corrected chi connectivity index (χ1v) is 6.49. The van der Waals surface area contributed by atoms with Gasteiger partial charge in [-0.1, -0.05) is 0 Å². The number of nitrogens with zero attached hydrogens (tertiary/aromatic N) is 3. The fraction of sp³-hybridized carbons (Fsp3) is 0.538. The molecular weight excluding hydrogens is 262 g/mol. The van der Waals surface area contributed by atoms with E-state index in [0.717, 1.165) is 0 Å². The summed E-state index contributed by atoms with van der Waals surface area (Å²) in [4.78, 5) is 28.1. The molecule has 1 aromatic heterocycles. The molecule has 2 rings (SSSR count). The van der Waals surface area contributed by atoms with Gasteiger partial charge in [0.15, 0.2) is 0 Å². The molecule has 1 aliphatic heterocycles. The lowest BCUT2D eigenvalue weighted by Crippen LogP contribution is -2.33. The molecule has 1 fully saturated rings. The molecule has 0 saturated carbocycles. The highest BCUT2D eigenvalue weighted by Gasteiger charge is 2.42. The fourth-order valence-electron chi connectivity index (χ4n) is 2.30. The Bertz CT molecular complexity index is 517. The van der Waals surface area contributed by atoms with Crippen LogP contribution in [0.15, 0.2) is 18.3 Å². The van der Waals surface area contributed by atoms with Gasteiger partial charge in [0.25, 0.3) is 5.69 Å². The van der Waals surface area contributed by atoms with E-state index >= 15 is 0 Å². The Morgan fingerprint density at radius 3 is 2.90 bits per heavy atom. The highest BCUT2D eigenvalue weighted by molar-refractivity contribution is 5.78. The summed E-state index contributed by atoms with van der Waals surface area (Å²) in [6.07, 6.45) is 1.92. The van der Waals surface area contributed by atoms with Crippen LogP contribution < -0.4 is 4.90 Å². The lowest BCUT2D eigenvalue weighted by atomic mass is 9.90. The largest absolute Gasteiger partial charge is 0.466 e. The molecule has 7 heteroatoms. The van der Waals surface area contributed by atoms with Crippen LogP contribution in [0.25, 0.3) is 0 Å². The number of rotatable bonds is 4. The molecular formula is C13H17N3O4. The van der Waals surface area contributed by atoms with E-state index in [1.807, 2.05) is 11.8 Å². The molecule has 0 N–H and O–H groups in total. The molecule has 1 aromatic rings. The minimum atomic E-state index is -0.542. The number of hydrogen-bond donors (Lipinski definition) is 0. The van der Waals surface area contributed by atoms with Gasteiger partial charge in [-0.3, -0.25) is 14.9 Å². The van der Waals surface area contributed by atoms with E-state index in [2.05, 4.69) is 4.98 Å². The van der Waals surface area contributed by atoms with Crippen molar-refractivity contribution in [2.45, 2.75) is 20.3 Å². The van der Waals surface area contributed by atoms with Crippen LogP contribution in [0.4, 0.5) is 11.5 Å². The van der Waals surface area contributed by atoms with Crippen molar-refractivity contribution in [2.24, 2.45) is 5.41 Å². The van der Waals surface area contributed by atoms with E-state index in [1.54, 1.807) is 13.0 Å². The average molecular weight is 279 g/mol. The number of esters is 1. The third-order valence-corrected chi connectivity index (χ3v) is 3.51. The Hall–Kier alpha value is -2.18. The fourth-order valence-corrected chi connectivity index (χ4v) is 2.30. The molecule has 0 spiro atoms. The predicted molar refractivity (Wildman–Crippen MR) is 72.5 cm³/mol. The number of hydrogen-bond acceptors (Lipinski definition) is 6. The van der Waals surface area contributed by atoms with Crippen LogP contribution in [0.5, 0.6) is 0 Å². The van der Waals surface area contributed by atoms with Gasteiger partial charge in [0, 0.05) is 19.2 Å². The monoisotopic (exact) mass is 279 g/mol. The summed E-state index contributed by atoms with van der Waals surface area (Å²) in [6, 6.07) is 3.03. The van der Waals surface area contributed by atoms with Gasteiger partial charge in [0.1, 0.15) is 12.0 Å². The maximum atomic E-state index is 11.9. The van der Waals surface area contributed by atoms with Crippen LogP contribution >= 0.6 is 0 Å². The number of pyridine rings is 1. The first-order valence-electron chi connectivity index (χ1n) is 6.49. The summed E-state index contributed by atoms with van der Waals surface area (Å²) in [5.74, 6) is 0.438. The molecule has 0 radical (unpaired) electrons. The van der Waals surface area contributed by atoms with Crippen LogP contribution in [0.3, 0.4) is 0 Å². The second-order valence-electron chi connectivity index (χ2n) is 5.08. The molecule has 20 heavy (non-hydrogen) atoms. The van der Waals surface area contributed by atoms with E-state index in [1.165, 1.54) is 12.3 Å². The van der Waals surface area contributed by atoms with Gasteiger partial charge in [0.05, 0.1) is 16.9 Å². The van der Waals surface area contributed by atoms with Crippen molar-refractivity contribution in [2.75, 3.05) is 24.6 Å². The van der Waals surface area contributed by atoms with Crippen molar-refractivity contribution in [1.29, 1.82) is 0 Å². The van der Waals surface area contributed by atoms with E-state index < -0.39 is 10.3 Å². The van der Waals surface area contributed by atoms with Crippen LogP contribution in [0.2, 0.25) is 0 Å². The normalized spacial score (nSPS) is 21.8. The minimum Gasteiger partial charge on any atom is -0.466 e. The number of nitro groups is 1. The molecule has 0 aliphatic carbocycles. The van der Waals surface area contributed by atoms with E-state index in [-0.39, 0.29) is 11.7 Å². The van der Waals surface area contributed by atoms with Gasteiger partial charge >= 0.3 is 5.97 Å². The predicted octanol–water partition coefficient (Wildman–Crippen LogP) is 1.77. The molecule has 7 nitrogen and oxygen atoms in total. The quantitative estimate of drug-likeness (QED) is 0.474. The zero-order chi connectivity index (χ0) is 14.8. The van der Waals surface area contributed by atoms with Crippen LogP contribution in [0, 0.1) is 15.5 Å². The van der Waals surface area contributed by atoms with E-state index in [9.17, 15) is 14.9 Å². The third-order valence-electron chi connectivity index (χ3n) is 3.51. The van der Waals surface area contributed by atoms with Gasteiger partial charge in [-0.05, 0) is 26.3 Å². The van der Waals surface area contributed by atoms with Gasteiger partial charge in [-0.2, -0.15) is 0 Å². The van der Waals surface area contributed by atoms with Crippen LogP contribution in [-0.2, 0) is 9.53 Å². The first kappa shape index (κ1) is 14.2. The van der Waals surface area contributed by atoms with Crippen LogP contribution in [0.1, 0.15) is 20.3 Å². The lowest BCUT2D eigenvalue weighted by molar-refractivity contribution is -0.385. The Kier molecular flexibility index (Phi) is 3.87. The van der Waals surface area contributed by atoms with Gasteiger partial charge < -0.3 is 9.64 Å². The van der Waals surface area contributed by atoms with E-state index in [0.29, 0.717) is 31.9 Å². The summed E-state index contributed by atoms with van der Waals surface area (Å²) in [7, 11) is 0. The second kappa shape index (κ2) is 5.44. The summed E-state index contributed by atoms with van der Waals surface area (Å²) in [6.45, 7) is 5.21. The molecule has 1 aliphatic rings. The topological polar surface area (TPSA) is 85.6 Å². The summed E-state index contributed by atoms with van der Waals surface area (Å²) < 4.78 is 5.09. The molecule has 0 amide bonds. The summed E-state index contributed by atoms with van der Waals surface area (Å²) in [5, 5.41) is 10.6. The highest BCUT2D eigenvalue weighted by atomic mass is 16.6. The van der Waals surface area contributed by atoms with Gasteiger partial charge in [0.2, 0.25) is 0 Å². The molecule has 2 heterocycles. The number of aromatic nitrogens is 1. The van der Waals surface area contributed by atoms with Crippen molar-refractivity contribution in [3.8, 4) is 0 Å². The second-order valence-corrected chi connectivity index (χ2v) is 5.08. The zero-order valence-corrected chi connectivity index (χ0v) is 11.5. The standard InChI is InChI=1S/C13H17N3O4/c1-3-20-12(17)13(2)6-7-15(9-13)11-5-4-10(8-14-11)16(18)19/h4-5,8H,3,6-7,9H2,1-2H3. The molecule has 0 bridgehead atoms.